The maximum atomic E-state index is 2.41. The summed E-state index contributed by atoms with van der Waals surface area (Å²) in [6.07, 6.45) is 0. The highest BCUT2D eigenvalue weighted by molar-refractivity contribution is 6.19. The van der Waals surface area contributed by atoms with E-state index in [1.165, 1.54) is 48.7 Å². The molecule has 0 amide bonds. The Bertz CT molecular complexity index is 1210. The molecule has 0 aliphatic rings. The van der Waals surface area contributed by atoms with Gasteiger partial charge in [0.15, 0.2) is 0 Å². The minimum absolute atomic E-state index is 0.0721. The number of benzene rings is 5. The zero-order chi connectivity index (χ0) is 17.9. The predicted molar refractivity (Wildman–Crippen MR) is 115 cm³/mol. The van der Waals surface area contributed by atoms with Crippen molar-refractivity contribution >= 4 is 43.1 Å². The fourth-order valence-electron chi connectivity index (χ4n) is 4.44. The van der Waals surface area contributed by atoms with E-state index < -0.39 is 0 Å². The fraction of sp³-hybridized carbons (Fsp3) is 0.154. The van der Waals surface area contributed by atoms with Crippen LogP contribution in [-0.2, 0) is 5.41 Å². The molecule has 0 aromatic heterocycles. The van der Waals surface area contributed by atoms with Gasteiger partial charge in [-0.2, -0.15) is 0 Å². The molecule has 0 saturated carbocycles. The summed E-state index contributed by atoms with van der Waals surface area (Å²) in [7, 11) is 0. The zero-order valence-electron chi connectivity index (χ0n) is 15.5. The molecule has 26 heavy (non-hydrogen) atoms. The molecule has 5 rings (SSSR count). The molecule has 0 aliphatic heterocycles. The lowest BCUT2D eigenvalue weighted by Crippen LogP contribution is -2.12. The summed E-state index contributed by atoms with van der Waals surface area (Å²) < 4.78 is 0. The molecule has 0 N–H and O–H groups in total. The quantitative estimate of drug-likeness (QED) is 0.202. The summed E-state index contributed by atoms with van der Waals surface area (Å²) in [6, 6.07) is 29.0. The van der Waals surface area contributed by atoms with Gasteiger partial charge in [-0.3, -0.25) is 0 Å². The molecule has 0 spiro atoms. The first kappa shape index (κ1) is 15.4. The molecular weight excluding hydrogens is 312 g/mol. The highest BCUT2D eigenvalue weighted by Gasteiger charge is 2.21. The summed E-state index contributed by atoms with van der Waals surface area (Å²) >= 11 is 0. The molecule has 126 valence electrons. The van der Waals surface area contributed by atoms with Crippen LogP contribution in [0.5, 0.6) is 0 Å². The van der Waals surface area contributed by atoms with Crippen LogP contribution >= 0.6 is 0 Å². The van der Waals surface area contributed by atoms with E-state index in [2.05, 4.69) is 99.6 Å². The molecule has 0 unspecified atom stereocenters. The molecule has 5 aromatic carbocycles. The molecule has 0 fully saturated rings. The maximum Gasteiger partial charge on any atom is -0.00958 e. The Labute approximate surface area is 154 Å². The summed E-state index contributed by atoms with van der Waals surface area (Å²) in [6.45, 7) is 6.97. The molecule has 0 radical (unpaired) electrons. The van der Waals surface area contributed by atoms with Crippen LogP contribution in [0.25, 0.3) is 43.1 Å². The Balaban J connectivity index is 2.12. The minimum Gasteiger partial charge on any atom is -0.0616 e. The molecule has 5 aromatic rings. The second kappa shape index (κ2) is 5.32. The van der Waals surface area contributed by atoms with Gasteiger partial charge in [-0.15, -0.1) is 0 Å². The van der Waals surface area contributed by atoms with Crippen LogP contribution in [-0.4, -0.2) is 0 Å². The van der Waals surface area contributed by atoms with Crippen molar-refractivity contribution in [1.29, 1.82) is 0 Å². The number of hydrogen-bond acceptors (Lipinski definition) is 0. The lowest BCUT2D eigenvalue weighted by atomic mass is 9.79. The molecule has 0 nitrogen and oxygen atoms in total. The topological polar surface area (TPSA) is 0 Å². The van der Waals surface area contributed by atoms with Crippen LogP contribution in [0.1, 0.15) is 26.3 Å². The van der Waals surface area contributed by atoms with Crippen LogP contribution in [0.2, 0.25) is 0 Å². The van der Waals surface area contributed by atoms with Crippen molar-refractivity contribution in [3.05, 3.63) is 84.4 Å². The third kappa shape index (κ3) is 2.15. The summed E-state index contributed by atoms with van der Waals surface area (Å²) in [5.41, 5.74) is 1.52. The van der Waals surface area contributed by atoms with Crippen LogP contribution < -0.4 is 0 Å². The monoisotopic (exact) mass is 334 g/mol. The van der Waals surface area contributed by atoms with Gasteiger partial charge in [-0.25, -0.2) is 0 Å². The van der Waals surface area contributed by atoms with Crippen molar-refractivity contribution in [3.63, 3.8) is 0 Å². The Morgan fingerprint density at radius 1 is 0.462 bits per heavy atom. The highest BCUT2D eigenvalue weighted by Crippen LogP contribution is 2.41. The third-order valence-corrected chi connectivity index (χ3v) is 5.52. The highest BCUT2D eigenvalue weighted by atomic mass is 14.2. The van der Waals surface area contributed by atoms with Crippen LogP contribution in [0.3, 0.4) is 0 Å². The third-order valence-electron chi connectivity index (χ3n) is 5.52. The van der Waals surface area contributed by atoms with Gasteiger partial charge >= 0.3 is 0 Å². The fourth-order valence-corrected chi connectivity index (χ4v) is 4.44. The molecule has 0 atom stereocenters. The van der Waals surface area contributed by atoms with Gasteiger partial charge in [0.1, 0.15) is 0 Å². The van der Waals surface area contributed by atoms with E-state index in [1.54, 1.807) is 0 Å². The summed E-state index contributed by atoms with van der Waals surface area (Å²) in [4.78, 5) is 0. The standard InChI is InChI=1S/C26H22/c1-26(2,3)25-21-14-12-17-8-4-6-10-19(17)23(21)16-24-20-11-7-5-9-18(20)13-15-22(24)25/h4-16H,1-3H3. The van der Waals surface area contributed by atoms with Gasteiger partial charge in [0.25, 0.3) is 0 Å². The van der Waals surface area contributed by atoms with Gasteiger partial charge < -0.3 is 0 Å². The Hall–Kier alpha value is -2.86. The minimum atomic E-state index is 0.0721. The average Bonchev–Trinajstić information content (AvgIpc) is 2.65. The van der Waals surface area contributed by atoms with Crippen LogP contribution in [0.15, 0.2) is 78.9 Å². The van der Waals surface area contributed by atoms with Gasteiger partial charge in [0, 0.05) is 0 Å². The number of fused-ring (bicyclic) bond motifs is 6. The lowest BCUT2D eigenvalue weighted by molar-refractivity contribution is 0.601. The molecule has 0 saturated heterocycles. The van der Waals surface area contributed by atoms with E-state index in [4.69, 9.17) is 0 Å². The molecular formula is C26H22. The average molecular weight is 334 g/mol. The first-order valence-corrected chi connectivity index (χ1v) is 9.30. The van der Waals surface area contributed by atoms with Crippen molar-refractivity contribution in [3.8, 4) is 0 Å². The SMILES string of the molecule is CC(C)(C)c1c2ccc3ccccc3c2cc2c1ccc1ccccc12. The lowest BCUT2D eigenvalue weighted by Gasteiger charge is -2.25. The van der Waals surface area contributed by atoms with E-state index in [1.807, 2.05) is 0 Å². The normalized spacial score (nSPS) is 12.4. The van der Waals surface area contributed by atoms with E-state index >= 15 is 0 Å². The number of rotatable bonds is 0. The van der Waals surface area contributed by atoms with E-state index in [-0.39, 0.29) is 5.41 Å². The molecule has 0 heteroatoms. The summed E-state index contributed by atoms with van der Waals surface area (Å²) in [5, 5.41) is 10.8. The zero-order valence-corrected chi connectivity index (χ0v) is 15.5. The second-order valence-corrected chi connectivity index (χ2v) is 8.27. The van der Waals surface area contributed by atoms with Gasteiger partial charge in [0.2, 0.25) is 0 Å². The van der Waals surface area contributed by atoms with E-state index in [9.17, 15) is 0 Å². The summed E-state index contributed by atoms with van der Waals surface area (Å²) in [5.74, 6) is 0. The predicted octanol–water partition coefficient (Wildman–Crippen LogP) is 7.60. The van der Waals surface area contributed by atoms with Gasteiger partial charge in [-0.05, 0) is 60.1 Å². The molecule has 0 aliphatic carbocycles. The smallest absolute Gasteiger partial charge is 0.00958 e. The van der Waals surface area contributed by atoms with E-state index in [0.717, 1.165) is 0 Å². The number of hydrogen-bond donors (Lipinski definition) is 0. The largest absolute Gasteiger partial charge is 0.0616 e. The van der Waals surface area contributed by atoms with Gasteiger partial charge in [-0.1, -0.05) is 93.6 Å². The first-order valence-electron chi connectivity index (χ1n) is 9.30. The Morgan fingerprint density at radius 3 is 1.38 bits per heavy atom. The van der Waals surface area contributed by atoms with Crippen molar-refractivity contribution in [2.75, 3.05) is 0 Å². The van der Waals surface area contributed by atoms with Crippen LogP contribution in [0.4, 0.5) is 0 Å². The van der Waals surface area contributed by atoms with Crippen molar-refractivity contribution in [1.82, 2.24) is 0 Å². The van der Waals surface area contributed by atoms with Crippen molar-refractivity contribution < 1.29 is 0 Å². The van der Waals surface area contributed by atoms with Crippen LogP contribution in [0, 0.1) is 0 Å². The first-order chi connectivity index (χ1) is 12.5. The van der Waals surface area contributed by atoms with Gasteiger partial charge in [0.05, 0.1) is 0 Å². The van der Waals surface area contributed by atoms with E-state index in [0.29, 0.717) is 0 Å². The second-order valence-electron chi connectivity index (χ2n) is 8.27. The molecule has 0 bridgehead atoms. The maximum absolute atomic E-state index is 2.41. The van der Waals surface area contributed by atoms with Crippen molar-refractivity contribution in [2.45, 2.75) is 26.2 Å². The molecule has 0 heterocycles. The Kier molecular flexibility index (Phi) is 3.15. The van der Waals surface area contributed by atoms with Crippen molar-refractivity contribution in [2.24, 2.45) is 0 Å². The Morgan fingerprint density at radius 2 is 0.923 bits per heavy atom.